The first-order valence-electron chi connectivity index (χ1n) is 9.89. The number of amides is 2. The molecule has 2 amide bonds. The van der Waals surface area contributed by atoms with Crippen molar-refractivity contribution in [2.45, 2.75) is 32.9 Å². The van der Waals surface area contributed by atoms with E-state index in [1.54, 1.807) is 52.1 Å². The van der Waals surface area contributed by atoms with E-state index in [0.717, 1.165) is 0 Å². The van der Waals surface area contributed by atoms with Gasteiger partial charge in [-0.2, -0.15) is 5.26 Å². The van der Waals surface area contributed by atoms with E-state index < -0.39 is 23.0 Å². The Labute approximate surface area is 185 Å². The molecule has 0 aromatic heterocycles. The Hall–Kier alpha value is -4.19. The largest absolute Gasteiger partial charge is 0.459 e. The van der Waals surface area contributed by atoms with E-state index in [-0.39, 0.29) is 17.4 Å². The molecule has 2 aromatic rings. The summed E-state index contributed by atoms with van der Waals surface area (Å²) in [5.74, 6) is -0.587. The summed E-state index contributed by atoms with van der Waals surface area (Å²) >= 11 is 0. The summed E-state index contributed by atoms with van der Waals surface area (Å²) in [6, 6.07) is 13.1. The number of non-ortho nitro benzene ring substituents is 1. The van der Waals surface area contributed by atoms with E-state index in [1.807, 2.05) is 0 Å². The maximum atomic E-state index is 13.4. The number of ether oxygens (including phenoxy) is 1. The van der Waals surface area contributed by atoms with Gasteiger partial charge in [0.2, 0.25) is 0 Å². The number of allylic oxidation sites excluding steroid dienone is 1. The summed E-state index contributed by atoms with van der Waals surface area (Å²) in [4.78, 5) is 39.7. The van der Waals surface area contributed by atoms with Crippen molar-refractivity contribution in [2.75, 3.05) is 11.9 Å². The van der Waals surface area contributed by atoms with Crippen molar-refractivity contribution in [3.05, 3.63) is 81.0 Å². The highest BCUT2D eigenvalue weighted by molar-refractivity contribution is 6.03. The molecule has 32 heavy (non-hydrogen) atoms. The smallest absolute Gasteiger partial charge is 0.338 e. The number of hydrogen-bond donors (Lipinski definition) is 0. The van der Waals surface area contributed by atoms with Gasteiger partial charge in [0.25, 0.3) is 5.69 Å². The molecular weight excluding hydrogens is 412 g/mol. The molecule has 0 bridgehead atoms. The van der Waals surface area contributed by atoms with Gasteiger partial charge in [0.15, 0.2) is 0 Å². The predicted molar refractivity (Wildman–Crippen MR) is 117 cm³/mol. The number of nitro groups is 1. The molecule has 0 saturated carbocycles. The number of esters is 1. The number of rotatable bonds is 5. The number of benzene rings is 2. The zero-order valence-electron chi connectivity index (χ0n) is 18.1. The lowest BCUT2D eigenvalue weighted by Crippen LogP contribution is -2.49. The van der Waals surface area contributed by atoms with Crippen molar-refractivity contribution < 1.29 is 19.2 Å². The second-order valence-electron chi connectivity index (χ2n) is 7.60. The molecule has 1 heterocycles. The lowest BCUT2D eigenvalue weighted by atomic mass is 9.92. The summed E-state index contributed by atoms with van der Waals surface area (Å²) in [6.45, 7) is 5.08. The number of likely N-dealkylation sites (N-methyl/N-ethyl adjacent to an activating group) is 1. The van der Waals surface area contributed by atoms with Gasteiger partial charge in [-0.15, -0.1) is 0 Å². The maximum absolute atomic E-state index is 13.4. The number of nitrogens with zero attached hydrogens (tertiary/aromatic N) is 4. The van der Waals surface area contributed by atoms with Crippen LogP contribution in [0.4, 0.5) is 16.2 Å². The maximum Gasteiger partial charge on any atom is 0.338 e. The van der Waals surface area contributed by atoms with Crippen LogP contribution in [0.5, 0.6) is 0 Å². The first-order valence-corrected chi connectivity index (χ1v) is 9.89. The summed E-state index contributed by atoms with van der Waals surface area (Å²) in [5.41, 5.74) is 1.85. The quantitative estimate of drug-likeness (QED) is 0.393. The van der Waals surface area contributed by atoms with Crippen LogP contribution in [0.1, 0.15) is 37.9 Å². The lowest BCUT2D eigenvalue weighted by molar-refractivity contribution is -0.384. The summed E-state index contributed by atoms with van der Waals surface area (Å²) in [5, 5.41) is 20.3. The number of anilines is 1. The van der Waals surface area contributed by atoms with Gasteiger partial charge in [-0.25, -0.2) is 9.59 Å². The van der Waals surface area contributed by atoms with Crippen molar-refractivity contribution >= 4 is 23.4 Å². The zero-order chi connectivity index (χ0) is 23.6. The van der Waals surface area contributed by atoms with Gasteiger partial charge in [-0.05, 0) is 50.6 Å². The van der Waals surface area contributed by atoms with Crippen LogP contribution in [-0.2, 0) is 9.53 Å². The van der Waals surface area contributed by atoms with Crippen molar-refractivity contribution in [3.63, 3.8) is 0 Å². The second kappa shape index (κ2) is 8.89. The third-order valence-electron chi connectivity index (χ3n) is 5.09. The Morgan fingerprint density at radius 1 is 1.22 bits per heavy atom. The van der Waals surface area contributed by atoms with Gasteiger partial charge >= 0.3 is 12.0 Å². The van der Waals surface area contributed by atoms with E-state index in [2.05, 4.69) is 6.07 Å². The Balaban J connectivity index is 2.19. The first-order chi connectivity index (χ1) is 15.1. The second-order valence-corrected chi connectivity index (χ2v) is 7.60. The molecule has 0 fully saturated rings. The van der Waals surface area contributed by atoms with Crippen molar-refractivity contribution in [3.8, 4) is 6.07 Å². The Morgan fingerprint density at radius 3 is 2.44 bits per heavy atom. The minimum Gasteiger partial charge on any atom is -0.459 e. The third-order valence-corrected chi connectivity index (χ3v) is 5.09. The van der Waals surface area contributed by atoms with Gasteiger partial charge in [0, 0.05) is 24.9 Å². The average molecular weight is 434 g/mol. The molecule has 2 aromatic carbocycles. The highest BCUT2D eigenvalue weighted by Crippen LogP contribution is 2.39. The number of hydrogen-bond acceptors (Lipinski definition) is 6. The molecule has 1 atom stereocenters. The molecule has 164 valence electrons. The van der Waals surface area contributed by atoms with Crippen LogP contribution >= 0.6 is 0 Å². The van der Waals surface area contributed by atoms with E-state index in [0.29, 0.717) is 22.5 Å². The SMILES string of the molecule is CC1=C(C(=O)OC(C)C)[C@H](c2cccc(C#N)c2)N(C)C(=O)N1c1ccc([N+](=O)[O-])cc1. The lowest BCUT2D eigenvalue weighted by Gasteiger charge is -2.41. The molecule has 0 spiro atoms. The number of nitriles is 1. The van der Waals surface area contributed by atoms with E-state index >= 15 is 0 Å². The Kier molecular flexibility index (Phi) is 6.25. The molecule has 0 unspecified atom stereocenters. The van der Waals surface area contributed by atoms with Gasteiger partial charge in [-0.3, -0.25) is 15.0 Å². The Morgan fingerprint density at radius 2 is 1.88 bits per heavy atom. The molecule has 0 aliphatic carbocycles. The van der Waals surface area contributed by atoms with E-state index in [4.69, 9.17) is 4.74 Å². The van der Waals surface area contributed by atoms with Gasteiger partial charge < -0.3 is 9.64 Å². The van der Waals surface area contributed by atoms with Gasteiger partial charge in [0.1, 0.15) is 0 Å². The molecule has 0 radical (unpaired) electrons. The highest BCUT2D eigenvalue weighted by Gasteiger charge is 2.41. The van der Waals surface area contributed by atoms with Crippen LogP contribution in [0.15, 0.2) is 59.8 Å². The van der Waals surface area contributed by atoms with Crippen LogP contribution in [0.3, 0.4) is 0 Å². The molecule has 1 aliphatic rings. The van der Waals surface area contributed by atoms with Crippen LogP contribution < -0.4 is 4.90 Å². The fourth-order valence-electron chi connectivity index (χ4n) is 3.66. The minimum atomic E-state index is -0.767. The number of carbonyl (C=O) groups is 2. The fourth-order valence-corrected chi connectivity index (χ4v) is 3.66. The molecule has 0 N–H and O–H groups in total. The normalized spacial score (nSPS) is 16.2. The van der Waals surface area contributed by atoms with E-state index in [9.17, 15) is 25.0 Å². The van der Waals surface area contributed by atoms with E-state index in [1.165, 1.54) is 34.1 Å². The molecule has 1 aliphatic heterocycles. The van der Waals surface area contributed by atoms with Gasteiger partial charge in [-0.1, -0.05) is 12.1 Å². The number of carbonyl (C=O) groups excluding carboxylic acids is 2. The third kappa shape index (κ3) is 4.16. The summed E-state index contributed by atoms with van der Waals surface area (Å²) in [6.07, 6.45) is -0.385. The van der Waals surface area contributed by atoms with Crippen molar-refractivity contribution in [1.82, 2.24) is 4.90 Å². The van der Waals surface area contributed by atoms with Crippen LogP contribution in [0.2, 0.25) is 0 Å². The fraction of sp³-hybridized carbons (Fsp3) is 0.261. The predicted octanol–water partition coefficient (Wildman–Crippen LogP) is 4.31. The summed E-state index contributed by atoms with van der Waals surface area (Å²) in [7, 11) is 1.56. The average Bonchev–Trinajstić information content (AvgIpc) is 2.76. The number of urea groups is 1. The molecule has 3 rings (SSSR count). The molecule has 9 heteroatoms. The van der Waals surface area contributed by atoms with Crippen LogP contribution in [-0.4, -0.2) is 35.0 Å². The topological polar surface area (TPSA) is 117 Å². The standard InChI is InChI=1S/C23H22N4O5/c1-14(2)32-22(28)20-15(3)26(18-8-10-19(11-9-18)27(30)31)23(29)25(4)21(20)17-7-5-6-16(12-17)13-24/h5-12,14,21H,1-4H3/t21-/m0/s1. The number of nitro benzene ring substituents is 1. The Bertz CT molecular complexity index is 1150. The van der Waals surface area contributed by atoms with Crippen LogP contribution in [0.25, 0.3) is 0 Å². The first kappa shape index (κ1) is 22.5. The van der Waals surface area contributed by atoms with Crippen LogP contribution in [0, 0.1) is 21.4 Å². The summed E-state index contributed by atoms with van der Waals surface area (Å²) < 4.78 is 5.47. The zero-order valence-corrected chi connectivity index (χ0v) is 18.1. The van der Waals surface area contributed by atoms with Crippen molar-refractivity contribution in [2.24, 2.45) is 0 Å². The highest BCUT2D eigenvalue weighted by atomic mass is 16.6. The van der Waals surface area contributed by atoms with Crippen molar-refractivity contribution in [1.29, 1.82) is 5.26 Å². The molecular formula is C23H22N4O5. The monoisotopic (exact) mass is 434 g/mol. The minimum absolute atomic E-state index is 0.112. The molecule has 0 saturated heterocycles. The molecule has 9 nitrogen and oxygen atoms in total. The van der Waals surface area contributed by atoms with Gasteiger partial charge in [0.05, 0.1) is 40.0 Å².